The summed E-state index contributed by atoms with van der Waals surface area (Å²) in [4.78, 5) is 0. The highest BCUT2D eigenvalue weighted by Gasteiger charge is 2.32. The lowest BCUT2D eigenvalue weighted by molar-refractivity contribution is 0.155. The highest BCUT2D eigenvalue weighted by Crippen LogP contribution is 2.41. The fourth-order valence-electron chi connectivity index (χ4n) is 3.49. The van der Waals surface area contributed by atoms with Gasteiger partial charge in [-0.15, -0.1) is 0 Å². The second-order valence-electron chi connectivity index (χ2n) is 5.42. The maximum atomic E-state index is 9.53. The molecule has 0 amide bonds. The Balaban J connectivity index is 1.78. The van der Waals surface area contributed by atoms with Crippen LogP contribution in [0.4, 0.5) is 0 Å². The second-order valence-corrected chi connectivity index (χ2v) is 5.42. The van der Waals surface area contributed by atoms with Crippen LogP contribution in [-0.4, -0.2) is 11.2 Å². The van der Waals surface area contributed by atoms with E-state index in [-0.39, 0.29) is 6.10 Å². The standard InChI is InChI=1S/C13H24O/c1-2-10-3-5-11(6-4-10)12-7-8-13(14)9-12/h10-14H,2-9H2,1H3. The van der Waals surface area contributed by atoms with Crippen LogP contribution in [0.25, 0.3) is 0 Å². The summed E-state index contributed by atoms with van der Waals surface area (Å²) >= 11 is 0. The van der Waals surface area contributed by atoms with Gasteiger partial charge in [0.2, 0.25) is 0 Å². The van der Waals surface area contributed by atoms with Crippen molar-refractivity contribution >= 4 is 0 Å². The average Bonchev–Trinajstić information content (AvgIpc) is 2.65. The maximum Gasteiger partial charge on any atom is 0.0543 e. The third-order valence-electron chi connectivity index (χ3n) is 4.58. The molecule has 2 rings (SSSR count). The van der Waals surface area contributed by atoms with Crippen LogP contribution < -0.4 is 0 Å². The predicted molar refractivity (Wildman–Crippen MR) is 59.1 cm³/mol. The van der Waals surface area contributed by atoms with Gasteiger partial charge in [-0.1, -0.05) is 26.2 Å². The molecule has 0 aromatic rings. The lowest BCUT2D eigenvalue weighted by atomic mass is 9.74. The molecule has 2 unspecified atom stereocenters. The summed E-state index contributed by atoms with van der Waals surface area (Å²) in [7, 11) is 0. The highest BCUT2D eigenvalue weighted by molar-refractivity contribution is 4.83. The van der Waals surface area contributed by atoms with E-state index in [4.69, 9.17) is 0 Å². The lowest BCUT2D eigenvalue weighted by Crippen LogP contribution is -2.20. The lowest BCUT2D eigenvalue weighted by Gasteiger charge is -2.31. The molecule has 1 heteroatoms. The van der Waals surface area contributed by atoms with Crippen molar-refractivity contribution in [1.82, 2.24) is 0 Å². The third kappa shape index (κ3) is 2.31. The second kappa shape index (κ2) is 4.65. The van der Waals surface area contributed by atoms with Gasteiger partial charge in [0.15, 0.2) is 0 Å². The molecule has 2 atom stereocenters. The van der Waals surface area contributed by atoms with E-state index >= 15 is 0 Å². The van der Waals surface area contributed by atoms with Crippen molar-refractivity contribution in [3.8, 4) is 0 Å². The van der Waals surface area contributed by atoms with Crippen LogP contribution in [0.1, 0.15) is 58.3 Å². The van der Waals surface area contributed by atoms with E-state index in [9.17, 15) is 5.11 Å². The van der Waals surface area contributed by atoms with E-state index in [1.807, 2.05) is 0 Å². The minimum absolute atomic E-state index is 0.0314. The number of rotatable bonds is 2. The third-order valence-corrected chi connectivity index (χ3v) is 4.58. The van der Waals surface area contributed by atoms with E-state index in [1.54, 1.807) is 0 Å². The Morgan fingerprint density at radius 1 is 0.929 bits per heavy atom. The molecule has 0 radical (unpaired) electrons. The van der Waals surface area contributed by atoms with Gasteiger partial charge in [0, 0.05) is 0 Å². The van der Waals surface area contributed by atoms with Crippen molar-refractivity contribution in [2.75, 3.05) is 0 Å². The molecule has 2 fully saturated rings. The van der Waals surface area contributed by atoms with Crippen molar-refractivity contribution in [1.29, 1.82) is 0 Å². The van der Waals surface area contributed by atoms with E-state index in [1.165, 1.54) is 38.5 Å². The van der Waals surface area contributed by atoms with Gasteiger partial charge in [0.25, 0.3) is 0 Å². The smallest absolute Gasteiger partial charge is 0.0543 e. The number of hydrogen-bond acceptors (Lipinski definition) is 1. The van der Waals surface area contributed by atoms with Crippen molar-refractivity contribution in [2.45, 2.75) is 64.4 Å². The molecule has 0 saturated heterocycles. The fraction of sp³-hybridized carbons (Fsp3) is 1.00. The summed E-state index contributed by atoms with van der Waals surface area (Å²) in [6.45, 7) is 2.32. The summed E-state index contributed by atoms with van der Waals surface area (Å²) in [5, 5.41) is 9.53. The predicted octanol–water partition coefficient (Wildman–Crippen LogP) is 3.36. The Kier molecular flexibility index (Phi) is 3.48. The van der Waals surface area contributed by atoms with Crippen LogP contribution in [0.2, 0.25) is 0 Å². The summed E-state index contributed by atoms with van der Waals surface area (Å²) in [6.07, 6.45) is 10.7. The van der Waals surface area contributed by atoms with E-state index < -0.39 is 0 Å². The Bertz CT molecular complexity index is 170. The van der Waals surface area contributed by atoms with Gasteiger partial charge in [-0.25, -0.2) is 0 Å². The van der Waals surface area contributed by atoms with Gasteiger partial charge in [-0.3, -0.25) is 0 Å². The van der Waals surface area contributed by atoms with Gasteiger partial charge in [-0.2, -0.15) is 0 Å². The fourth-order valence-corrected chi connectivity index (χ4v) is 3.49. The van der Waals surface area contributed by atoms with Crippen LogP contribution in [0.5, 0.6) is 0 Å². The van der Waals surface area contributed by atoms with Crippen molar-refractivity contribution in [3.63, 3.8) is 0 Å². The topological polar surface area (TPSA) is 20.2 Å². The summed E-state index contributed by atoms with van der Waals surface area (Å²) in [5.41, 5.74) is 0. The zero-order valence-corrected chi connectivity index (χ0v) is 9.41. The first-order chi connectivity index (χ1) is 6.79. The van der Waals surface area contributed by atoms with Crippen LogP contribution >= 0.6 is 0 Å². The Morgan fingerprint density at radius 3 is 2.07 bits per heavy atom. The summed E-state index contributed by atoms with van der Waals surface area (Å²) in [6, 6.07) is 0. The number of aliphatic hydroxyl groups is 1. The molecule has 1 nitrogen and oxygen atoms in total. The van der Waals surface area contributed by atoms with Crippen LogP contribution in [0.15, 0.2) is 0 Å². The van der Waals surface area contributed by atoms with Crippen molar-refractivity contribution in [2.24, 2.45) is 17.8 Å². The number of aliphatic hydroxyl groups excluding tert-OH is 1. The summed E-state index contributed by atoms with van der Waals surface area (Å²) < 4.78 is 0. The van der Waals surface area contributed by atoms with Gasteiger partial charge in [0.1, 0.15) is 0 Å². The monoisotopic (exact) mass is 196 g/mol. The molecule has 14 heavy (non-hydrogen) atoms. The maximum absolute atomic E-state index is 9.53. The molecule has 0 heterocycles. The number of hydrogen-bond donors (Lipinski definition) is 1. The molecule has 2 saturated carbocycles. The molecule has 0 spiro atoms. The normalized spacial score (nSPS) is 44.1. The van der Waals surface area contributed by atoms with Gasteiger partial charge >= 0.3 is 0 Å². The van der Waals surface area contributed by atoms with Gasteiger partial charge < -0.3 is 5.11 Å². The van der Waals surface area contributed by atoms with Crippen LogP contribution in [0, 0.1) is 17.8 Å². The summed E-state index contributed by atoms with van der Waals surface area (Å²) in [5.74, 6) is 2.83. The SMILES string of the molecule is CCC1CCC(C2CCC(O)C2)CC1. The van der Waals surface area contributed by atoms with Crippen LogP contribution in [-0.2, 0) is 0 Å². The molecule has 2 aliphatic rings. The van der Waals surface area contributed by atoms with Crippen LogP contribution in [0.3, 0.4) is 0 Å². The minimum atomic E-state index is 0.0314. The molecule has 1 N–H and O–H groups in total. The first-order valence-electron chi connectivity index (χ1n) is 6.47. The van der Waals surface area contributed by atoms with Gasteiger partial charge in [0.05, 0.1) is 6.10 Å². The molecule has 0 bridgehead atoms. The Hall–Kier alpha value is -0.0400. The van der Waals surface area contributed by atoms with E-state index in [0.29, 0.717) is 0 Å². The molecule has 0 aromatic heterocycles. The first kappa shape index (κ1) is 10.5. The molecular formula is C13H24O. The highest BCUT2D eigenvalue weighted by atomic mass is 16.3. The van der Waals surface area contributed by atoms with Crippen molar-refractivity contribution in [3.05, 3.63) is 0 Å². The van der Waals surface area contributed by atoms with Gasteiger partial charge in [-0.05, 0) is 49.9 Å². The van der Waals surface area contributed by atoms with Crippen molar-refractivity contribution < 1.29 is 5.11 Å². The molecule has 0 aromatic carbocycles. The molecule has 0 aliphatic heterocycles. The molecule has 2 aliphatic carbocycles. The molecular weight excluding hydrogens is 172 g/mol. The first-order valence-corrected chi connectivity index (χ1v) is 6.47. The quantitative estimate of drug-likeness (QED) is 0.718. The van der Waals surface area contributed by atoms with E-state index in [0.717, 1.165) is 30.6 Å². The zero-order chi connectivity index (χ0) is 9.97. The Labute approximate surface area is 87.9 Å². The zero-order valence-electron chi connectivity index (χ0n) is 9.41. The largest absolute Gasteiger partial charge is 0.393 e. The average molecular weight is 196 g/mol. The van der Waals surface area contributed by atoms with E-state index in [2.05, 4.69) is 6.92 Å². The molecule has 82 valence electrons. The Morgan fingerprint density at radius 2 is 1.57 bits per heavy atom. The minimum Gasteiger partial charge on any atom is -0.393 e.